The van der Waals surface area contributed by atoms with Gasteiger partial charge in [-0.15, -0.1) is 0 Å². The molecule has 0 aliphatic heterocycles. The third-order valence-corrected chi connectivity index (χ3v) is 3.75. The number of esters is 1. The topological polar surface area (TPSA) is 63.2 Å². The maximum Gasteiger partial charge on any atom is 0.305 e. The van der Waals surface area contributed by atoms with Crippen molar-refractivity contribution in [3.8, 4) is 0 Å². The molecule has 0 heterocycles. The fraction of sp³-hybridized carbons (Fsp3) is 0.950. The number of rotatable bonds is 21. The van der Waals surface area contributed by atoms with Crippen LogP contribution in [0.15, 0.2) is 0 Å². The first-order valence-electron chi connectivity index (χ1n) is 10.3. The van der Waals surface area contributed by atoms with Gasteiger partial charge < -0.3 is 23.7 Å². The lowest BCUT2D eigenvalue weighted by Gasteiger charge is -2.07. The van der Waals surface area contributed by atoms with E-state index in [1.54, 1.807) is 0 Å². The molecule has 0 amide bonds. The van der Waals surface area contributed by atoms with Crippen LogP contribution in [0.25, 0.3) is 0 Å². The van der Waals surface area contributed by atoms with Gasteiger partial charge in [-0.25, -0.2) is 0 Å². The fourth-order valence-electron chi connectivity index (χ4n) is 2.26. The minimum atomic E-state index is -0.123. The zero-order chi connectivity index (χ0) is 19.1. The van der Waals surface area contributed by atoms with Crippen LogP contribution in [0, 0.1) is 0 Å². The van der Waals surface area contributed by atoms with Gasteiger partial charge >= 0.3 is 5.97 Å². The third kappa shape index (κ3) is 21.4. The normalized spacial score (nSPS) is 11.0. The van der Waals surface area contributed by atoms with Gasteiger partial charge in [0.15, 0.2) is 0 Å². The predicted octanol–water partition coefficient (Wildman–Crippen LogP) is 3.76. The van der Waals surface area contributed by atoms with Crippen LogP contribution in [0.5, 0.6) is 0 Å². The summed E-state index contributed by atoms with van der Waals surface area (Å²) in [6.45, 7) is 9.41. The molecule has 0 N–H and O–H groups in total. The Morgan fingerprint density at radius 3 is 1.73 bits per heavy atom. The van der Waals surface area contributed by atoms with Crippen molar-refractivity contribution >= 4 is 5.97 Å². The van der Waals surface area contributed by atoms with Gasteiger partial charge in [-0.3, -0.25) is 4.79 Å². The van der Waals surface area contributed by atoms with E-state index in [2.05, 4.69) is 6.92 Å². The summed E-state index contributed by atoms with van der Waals surface area (Å²) in [7, 11) is 0. The first-order valence-corrected chi connectivity index (χ1v) is 10.3. The molecule has 26 heavy (non-hydrogen) atoms. The van der Waals surface area contributed by atoms with Gasteiger partial charge in [0.1, 0.15) is 0 Å². The Bertz CT molecular complexity index is 285. The summed E-state index contributed by atoms with van der Waals surface area (Å²) < 4.78 is 26.5. The summed E-state index contributed by atoms with van der Waals surface area (Å²) >= 11 is 0. The molecule has 0 fully saturated rings. The number of carbonyl (C=O) groups is 1. The van der Waals surface area contributed by atoms with Crippen LogP contribution in [-0.2, 0) is 28.5 Å². The Morgan fingerprint density at radius 1 is 0.577 bits per heavy atom. The van der Waals surface area contributed by atoms with E-state index in [1.807, 2.05) is 6.92 Å². The van der Waals surface area contributed by atoms with Crippen LogP contribution in [-0.4, -0.2) is 65.4 Å². The molecule has 0 aliphatic rings. The van der Waals surface area contributed by atoms with Crippen LogP contribution in [0.1, 0.15) is 65.2 Å². The second kappa shape index (κ2) is 22.4. The molecule has 0 aromatic carbocycles. The Balaban J connectivity index is 3.12. The molecule has 0 rings (SSSR count). The number of ether oxygens (including phenoxy) is 5. The Labute approximate surface area is 159 Å². The van der Waals surface area contributed by atoms with Gasteiger partial charge in [-0.1, -0.05) is 39.0 Å². The molecule has 0 radical (unpaired) electrons. The fourth-order valence-corrected chi connectivity index (χ4v) is 2.26. The lowest BCUT2D eigenvalue weighted by Crippen LogP contribution is -2.12. The quantitative estimate of drug-likeness (QED) is 0.224. The van der Waals surface area contributed by atoms with Gasteiger partial charge in [-0.2, -0.15) is 0 Å². The molecule has 0 spiro atoms. The molecule has 0 aliphatic carbocycles. The lowest BCUT2D eigenvalue weighted by molar-refractivity contribution is -0.144. The van der Waals surface area contributed by atoms with E-state index in [-0.39, 0.29) is 5.97 Å². The Hall–Kier alpha value is -0.690. The zero-order valence-corrected chi connectivity index (χ0v) is 17.0. The van der Waals surface area contributed by atoms with Gasteiger partial charge in [0.05, 0.1) is 46.2 Å². The van der Waals surface area contributed by atoms with Gasteiger partial charge in [0, 0.05) is 19.6 Å². The van der Waals surface area contributed by atoms with Crippen molar-refractivity contribution < 1.29 is 28.5 Å². The Morgan fingerprint density at radius 2 is 1.12 bits per heavy atom. The standard InChI is InChI=1S/C20H40O6/c1-3-5-6-7-8-9-13-26-20(21)11-10-12-23-16-17-25-19-18-24-15-14-22-4-2/h3-19H2,1-2H3. The maximum atomic E-state index is 11.6. The molecule has 6 nitrogen and oxygen atoms in total. The van der Waals surface area contributed by atoms with Crippen LogP contribution < -0.4 is 0 Å². The molecule has 0 atom stereocenters. The van der Waals surface area contributed by atoms with Gasteiger partial charge in [0.2, 0.25) is 0 Å². The summed E-state index contributed by atoms with van der Waals surface area (Å²) in [5, 5.41) is 0. The molecule has 0 saturated carbocycles. The van der Waals surface area contributed by atoms with E-state index >= 15 is 0 Å². The second-order valence-electron chi connectivity index (χ2n) is 6.13. The predicted molar refractivity (Wildman–Crippen MR) is 103 cm³/mol. The van der Waals surface area contributed by atoms with Crippen LogP contribution in [0.4, 0.5) is 0 Å². The maximum absolute atomic E-state index is 11.6. The summed E-state index contributed by atoms with van der Waals surface area (Å²) in [6.07, 6.45) is 8.31. The van der Waals surface area contributed by atoms with Crippen LogP contribution >= 0.6 is 0 Å². The van der Waals surface area contributed by atoms with Crippen molar-refractivity contribution in [2.45, 2.75) is 65.2 Å². The highest BCUT2D eigenvalue weighted by Gasteiger charge is 2.02. The van der Waals surface area contributed by atoms with Crippen molar-refractivity contribution in [2.24, 2.45) is 0 Å². The summed E-state index contributed by atoms with van der Waals surface area (Å²) in [4.78, 5) is 11.6. The van der Waals surface area contributed by atoms with Crippen molar-refractivity contribution in [3.05, 3.63) is 0 Å². The molecule has 0 bridgehead atoms. The molecule has 0 aromatic heterocycles. The largest absolute Gasteiger partial charge is 0.466 e. The van der Waals surface area contributed by atoms with E-state index in [0.29, 0.717) is 72.3 Å². The van der Waals surface area contributed by atoms with Crippen molar-refractivity contribution in [2.75, 3.05) is 59.5 Å². The third-order valence-electron chi connectivity index (χ3n) is 3.75. The van der Waals surface area contributed by atoms with Crippen molar-refractivity contribution in [1.29, 1.82) is 0 Å². The number of carbonyl (C=O) groups excluding carboxylic acids is 1. The lowest BCUT2D eigenvalue weighted by atomic mass is 10.1. The monoisotopic (exact) mass is 376 g/mol. The van der Waals surface area contributed by atoms with E-state index < -0.39 is 0 Å². The smallest absolute Gasteiger partial charge is 0.305 e. The highest BCUT2D eigenvalue weighted by molar-refractivity contribution is 5.69. The van der Waals surface area contributed by atoms with E-state index in [0.717, 1.165) is 12.8 Å². The second-order valence-corrected chi connectivity index (χ2v) is 6.13. The molecule has 0 unspecified atom stereocenters. The molecular weight excluding hydrogens is 336 g/mol. The van der Waals surface area contributed by atoms with Gasteiger partial charge in [0.25, 0.3) is 0 Å². The summed E-state index contributed by atoms with van der Waals surface area (Å²) in [5.41, 5.74) is 0. The molecule has 0 aromatic rings. The SMILES string of the molecule is CCCCCCCCOC(=O)CCCOCCOCCOCCOCC. The Kier molecular flexibility index (Phi) is 21.8. The van der Waals surface area contributed by atoms with Crippen molar-refractivity contribution in [3.63, 3.8) is 0 Å². The van der Waals surface area contributed by atoms with E-state index in [1.165, 1.54) is 25.7 Å². The summed E-state index contributed by atoms with van der Waals surface area (Å²) in [6, 6.07) is 0. The minimum absolute atomic E-state index is 0.123. The minimum Gasteiger partial charge on any atom is -0.466 e. The molecule has 0 saturated heterocycles. The van der Waals surface area contributed by atoms with E-state index in [4.69, 9.17) is 23.7 Å². The number of unbranched alkanes of at least 4 members (excludes halogenated alkanes) is 5. The number of hydrogen-bond acceptors (Lipinski definition) is 6. The van der Waals surface area contributed by atoms with Crippen molar-refractivity contribution in [1.82, 2.24) is 0 Å². The highest BCUT2D eigenvalue weighted by Crippen LogP contribution is 2.05. The number of hydrogen-bond donors (Lipinski definition) is 0. The molecule has 156 valence electrons. The van der Waals surface area contributed by atoms with Crippen LogP contribution in [0.2, 0.25) is 0 Å². The van der Waals surface area contributed by atoms with Gasteiger partial charge in [-0.05, 0) is 19.8 Å². The molecule has 6 heteroatoms. The first kappa shape index (κ1) is 25.3. The van der Waals surface area contributed by atoms with E-state index in [9.17, 15) is 4.79 Å². The first-order chi connectivity index (χ1) is 12.8. The average Bonchev–Trinajstić information content (AvgIpc) is 2.64. The molecular formula is C20H40O6. The zero-order valence-electron chi connectivity index (χ0n) is 17.0. The summed E-state index contributed by atoms with van der Waals surface area (Å²) in [5.74, 6) is -0.123. The van der Waals surface area contributed by atoms with Crippen LogP contribution in [0.3, 0.4) is 0 Å². The average molecular weight is 377 g/mol. The highest BCUT2D eigenvalue weighted by atomic mass is 16.6.